The molecule has 0 saturated carbocycles. The van der Waals surface area contributed by atoms with Crippen LogP contribution in [0.3, 0.4) is 0 Å². The van der Waals surface area contributed by atoms with Gasteiger partial charge in [0.05, 0.1) is 29.1 Å². The number of fused-ring (bicyclic) bond motifs is 3. The number of nitrogens with zero attached hydrogens (tertiary/aromatic N) is 6. The molecular formula is C29H30N6O2S. The number of rotatable bonds is 8. The summed E-state index contributed by atoms with van der Waals surface area (Å²) in [6.45, 7) is 5.47. The molecule has 0 radical (unpaired) electrons. The number of benzene rings is 1. The third kappa shape index (κ3) is 4.95. The molecule has 1 aromatic carbocycles. The molecule has 3 aromatic heterocycles. The fraction of sp³-hybridized carbons (Fsp3) is 0.345. The Morgan fingerprint density at radius 2 is 1.92 bits per heavy atom. The van der Waals surface area contributed by atoms with Crippen molar-refractivity contribution in [2.75, 3.05) is 24.6 Å². The molecule has 0 amide bonds. The predicted molar refractivity (Wildman–Crippen MR) is 149 cm³/mol. The molecule has 0 aliphatic carbocycles. The van der Waals surface area contributed by atoms with Crippen LogP contribution in [0.1, 0.15) is 31.4 Å². The number of hydrogen-bond donors (Lipinski definition) is 1. The smallest absolute Gasteiger partial charge is 0.138 e. The van der Waals surface area contributed by atoms with Gasteiger partial charge in [-0.2, -0.15) is 10.4 Å². The number of pyridine rings is 2. The second-order valence-electron chi connectivity index (χ2n) is 10.6. The first-order valence-corrected chi connectivity index (χ1v) is 13.8. The molecular weight excluding hydrogens is 496 g/mol. The summed E-state index contributed by atoms with van der Waals surface area (Å²) in [5.41, 5.74) is 3.29. The minimum atomic E-state index is -0.967. The van der Waals surface area contributed by atoms with E-state index in [1.54, 1.807) is 30.8 Å². The monoisotopic (exact) mass is 526 g/mol. The van der Waals surface area contributed by atoms with Gasteiger partial charge in [0.2, 0.25) is 0 Å². The minimum absolute atomic E-state index is 0.138. The van der Waals surface area contributed by atoms with Crippen LogP contribution in [0.5, 0.6) is 5.75 Å². The molecule has 38 heavy (non-hydrogen) atoms. The van der Waals surface area contributed by atoms with Crippen LogP contribution in [0.15, 0.2) is 67.1 Å². The zero-order valence-corrected chi connectivity index (χ0v) is 22.3. The Bertz CT molecular complexity index is 1460. The van der Waals surface area contributed by atoms with Gasteiger partial charge in [-0.15, -0.1) is 0 Å². The maximum atomic E-state index is 10.1. The third-order valence-electron chi connectivity index (χ3n) is 7.03. The minimum Gasteiger partial charge on any atom is -0.489 e. The van der Waals surface area contributed by atoms with E-state index in [0.717, 1.165) is 35.8 Å². The van der Waals surface area contributed by atoms with Crippen LogP contribution < -0.4 is 9.64 Å². The summed E-state index contributed by atoms with van der Waals surface area (Å²) < 4.78 is 10.1. The van der Waals surface area contributed by atoms with Crippen molar-refractivity contribution in [1.82, 2.24) is 18.9 Å². The molecule has 2 bridgehead atoms. The lowest BCUT2D eigenvalue weighted by atomic mass is 9.91. The Labute approximate surface area is 226 Å². The Morgan fingerprint density at radius 1 is 1.13 bits per heavy atom. The average Bonchev–Trinajstić information content (AvgIpc) is 3.35. The Kier molecular flexibility index (Phi) is 6.48. The summed E-state index contributed by atoms with van der Waals surface area (Å²) >= 11 is 1.94. The topological polar surface area (TPSA) is 89.9 Å². The first-order chi connectivity index (χ1) is 18.4. The second-order valence-corrected chi connectivity index (χ2v) is 11.6. The van der Waals surface area contributed by atoms with E-state index in [0.29, 0.717) is 28.9 Å². The van der Waals surface area contributed by atoms with Gasteiger partial charge in [0.25, 0.3) is 0 Å². The van der Waals surface area contributed by atoms with Crippen LogP contribution in [-0.4, -0.2) is 61.4 Å². The molecule has 9 heteroatoms. The molecule has 194 valence electrons. The van der Waals surface area contributed by atoms with Gasteiger partial charge in [-0.1, -0.05) is 42.3 Å². The second kappa shape index (κ2) is 9.95. The standard InChI is InChI=1S/C29H30N6O2S/c1-29(2,36)19-37-25-11-26(28-22(12-30)14-32-34(28)17-25)21-8-9-27(31-13-21)33-15-23-10-24(16-33)35(23)38-18-20-6-4-3-5-7-20/h3-9,11,13-14,17,23-24,36H,10,15-16,18-19H2,1-2H3. The van der Waals surface area contributed by atoms with E-state index in [-0.39, 0.29) is 6.61 Å². The van der Waals surface area contributed by atoms with E-state index in [9.17, 15) is 10.4 Å². The Hall–Kier alpha value is -3.58. The highest BCUT2D eigenvalue weighted by atomic mass is 32.2. The summed E-state index contributed by atoms with van der Waals surface area (Å²) in [6.07, 6.45) is 6.39. The lowest BCUT2D eigenvalue weighted by Crippen LogP contribution is -2.66. The fourth-order valence-electron chi connectivity index (χ4n) is 5.17. The van der Waals surface area contributed by atoms with Crippen molar-refractivity contribution in [3.8, 4) is 22.9 Å². The molecule has 7 rings (SSSR count). The van der Waals surface area contributed by atoms with Gasteiger partial charge in [-0.3, -0.25) is 0 Å². The summed E-state index contributed by atoms with van der Waals surface area (Å²) in [5, 5.41) is 24.1. The highest BCUT2D eigenvalue weighted by molar-refractivity contribution is 7.96. The molecule has 2 atom stereocenters. The van der Waals surface area contributed by atoms with Crippen LogP contribution in [0.4, 0.5) is 5.82 Å². The third-order valence-corrected chi connectivity index (χ3v) is 8.39. The molecule has 1 N–H and O–H groups in total. The number of aliphatic hydroxyl groups is 1. The zero-order chi connectivity index (χ0) is 26.3. The number of ether oxygens (including phenoxy) is 1. The molecule has 3 saturated heterocycles. The molecule has 3 fully saturated rings. The molecule has 3 aliphatic rings. The lowest BCUT2D eigenvalue weighted by Gasteiger charge is -2.55. The van der Waals surface area contributed by atoms with Gasteiger partial charge in [-0.25, -0.2) is 13.8 Å². The summed E-state index contributed by atoms with van der Waals surface area (Å²) in [7, 11) is 0. The van der Waals surface area contributed by atoms with Crippen LogP contribution in [0.2, 0.25) is 0 Å². The number of nitriles is 1. The number of aromatic nitrogens is 3. The van der Waals surface area contributed by atoms with Crippen LogP contribution >= 0.6 is 11.9 Å². The van der Waals surface area contributed by atoms with E-state index >= 15 is 0 Å². The maximum Gasteiger partial charge on any atom is 0.138 e. The van der Waals surface area contributed by atoms with Crippen LogP contribution in [-0.2, 0) is 5.75 Å². The summed E-state index contributed by atoms with van der Waals surface area (Å²) in [5.74, 6) is 2.54. The number of anilines is 1. The van der Waals surface area contributed by atoms with Crippen LogP contribution in [0, 0.1) is 11.3 Å². The van der Waals surface area contributed by atoms with E-state index < -0.39 is 5.60 Å². The maximum absolute atomic E-state index is 10.1. The van der Waals surface area contributed by atoms with Gasteiger partial charge >= 0.3 is 0 Å². The number of piperazine rings is 1. The largest absolute Gasteiger partial charge is 0.489 e. The quantitative estimate of drug-likeness (QED) is 0.335. The molecule has 0 spiro atoms. The summed E-state index contributed by atoms with van der Waals surface area (Å²) in [6, 6.07) is 19.9. The van der Waals surface area contributed by atoms with Gasteiger partial charge in [-0.05, 0) is 44.0 Å². The molecule has 4 aromatic rings. The van der Waals surface area contributed by atoms with Gasteiger partial charge in [0, 0.05) is 48.2 Å². The summed E-state index contributed by atoms with van der Waals surface area (Å²) in [4.78, 5) is 7.20. The lowest BCUT2D eigenvalue weighted by molar-refractivity contribution is 0.0283. The van der Waals surface area contributed by atoms with Gasteiger partial charge < -0.3 is 14.7 Å². The van der Waals surface area contributed by atoms with Crippen molar-refractivity contribution in [2.24, 2.45) is 0 Å². The zero-order valence-electron chi connectivity index (χ0n) is 21.5. The SMILES string of the molecule is CC(C)(O)COc1cc(-c2ccc(N3CC4CC(C3)N4SCc3ccccc3)nc2)c2c(C#N)cnn2c1. The van der Waals surface area contributed by atoms with Crippen molar-refractivity contribution in [3.63, 3.8) is 0 Å². The molecule has 8 nitrogen and oxygen atoms in total. The van der Waals surface area contributed by atoms with Crippen molar-refractivity contribution in [2.45, 2.75) is 43.7 Å². The van der Waals surface area contributed by atoms with Crippen molar-refractivity contribution in [1.29, 1.82) is 5.26 Å². The first-order valence-electron chi connectivity index (χ1n) is 12.8. The Balaban J connectivity index is 1.18. The van der Waals surface area contributed by atoms with Crippen LogP contribution in [0.25, 0.3) is 16.6 Å². The van der Waals surface area contributed by atoms with Crippen molar-refractivity contribution in [3.05, 3.63) is 78.2 Å². The van der Waals surface area contributed by atoms with Crippen molar-refractivity contribution < 1.29 is 9.84 Å². The van der Waals surface area contributed by atoms with Gasteiger partial charge in [0.1, 0.15) is 24.2 Å². The predicted octanol–water partition coefficient (Wildman–Crippen LogP) is 4.53. The normalized spacial score (nSPS) is 19.3. The average molecular weight is 527 g/mol. The molecule has 2 unspecified atom stereocenters. The number of piperidine rings is 1. The highest BCUT2D eigenvalue weighted by Gasteiger charge is 2.45. The molecule has 6 heterocycles. The first kappa shape index (κ1) is 24.7. The fourth-order valence-corrected chi connectivity index (χ4v) is 6.38. The highest BCUT2D eigenvalue weighted by Crippen LogP contribution is 2.40. The van der Waals surface area contributed by atoms with Gasteiger partial charge in [0.15, 0.2) is 0 Å². The van der Waals surface area contributed by atoms with E-state index in [4.69, 9.17) is 9.72 Å². The van der Waals surface area contributed by atoms with Crippen molar-refractivity contribution >= 4 is 23.3 Å². The van der Waals surface area contributed by atoms with E-state index in [1.165, 1.54) is 12.0 Å². The number of hydrogen-bond acceptors (Lipinski definition) is 8. The Morgan fingerprint density at radius 3 is 2.61 bits per heavy atom. The van der Waals surface area contributed by atoms with E-state index in [2.05, 4.69) is 56.8 Å². The van der Waals surface area contributed by atoms with E-state index in [1.807, 2.05) is 30.3 Å². The molecule has 3 aliphatic heterocycles.